The number of fused-ring (bicyclic) bond motifs is 1. The Kier molecular flexibility index (Phi) is 3.79. The van der Waals surface area contributed by atoms with E-state index in [0.717, 1.165) is 22.2 Å². The highest BCUT2D eigenvalue weighted by Gasteiger charge is 2.04. The molecule has 1 aromatic heterocycles. The molecule has 0 saturated heterocycles. The fourth-order valence-corrected chi connectivity index (χ4v) is 2.41. The number of aromatic nitrogens is 1. The van der Waals surface area contributed by atoms with Gasteiger partial charge in [0.1, 0.15) is 0 Å². The molecule has 0 aliphatic rings. The zero-order valence-electron chi connectivity index (χ0n) is 11.8. The Labute approximate surface area is 117 Å². The Hall–Kier alpha value is -1.57. The van der Waals surface area contributed by atoms with E-state index in [4.69, 9.17) is 5.69 Å². The van der Waals surface area contributed by atoms with Crippen LogP contribution in [-0.4, -0.2) is 15.4 Å². The van der Waals surface area contributed by atoms with Crippen molar-refractivity contribution in [3.63, 3.8) is 0 Å². The summed E-state index contributed by atoms with van der Waals surface area (Å²) in [6, 6.07) is 10.1. The zero-order valence-corrected chi connectivity index (χ0v) is 12.7. The third-order valence-electron chi connectivity index (χ3n) is 2.90. The van der Waals surface area contributed by atoms with Gasteiger partial charge in [0, 0.05) is 22.9 Å². The molecule has 19 heavy (non-hydrogen) atoms. The predicted octanol–water partition coefficient (Wildman–Crippen LogP) is 3.96. The largest absolute Gasteiger partial charge is 0.397 e. The van der Waals surface area contributed by atoms with E-state index in [1.165, 1.54) is 0 Å². The van der Waals surface area contributed by atoms with Gasteiger partial charge in [-0.25, -0.2) is 0 Å². The van der Waals surface area contributed by atoms with Gasteiger partial charge in [0.05, 0.1) is 5.52 Å². The summed E-state index contributed by atoms with van der Waals surface area (Å²) < 4.78 is 4.65. The van der Waals surface area contributed by atoms with E-state index in [1.807, 2.05) is 37.4 Å². The number of rotatable bonds is 1. The number of nitrogens with zero attached hydrogens (tertiary/aromatic N) is 2. The molecular weight excluding hydrogens is 252 g/mol. The molecule has 0 spiro atoms. The monoisotopic (exact) mass is 271 g/mol. The molecule has 0 atom stereocenters. The van der Waals surface area contributed by atoms with Crippen molar-refractivity contribution in [2.45, 2.75) is 32.4 Å². The van der Waals surface area contributed by atoms with Gasteiger partial charge < -0.3 is 14.9 Å². The van der Waals surface area contributed by atoms with Crippen LogP contribution >= 0.6 is 0 Å². The van der Waals surface area contributed by atoms with E-state index < -0.39 is 10.5 Å². The zero-order chi connectivity index (χ0) is 14.0. The standard InChI is InChI=1S/C16H19N2S/c1-12(18-19(5)16(2,3)4)13-10-11-17-15-9-7-6-8-14(13)15/h5-11H,1-4H3/q-1. The highest BCUT2D eigenvalue weighted by molar-refractivity contribution is 7.86. The summed E-state index contributed by atoms with van der Waals surface area (Å²) in [7, 11) is -0.493. The summed E-state index contributed by atoms with van der Waals surface area (Å²) >= 11 is 0. The lowest BCUT2D eigenvalue weighted by Gasteiger charge is -2.31. The van der Waals surface area contributed by atoms with Crippen molar-refractivity contribution in [1.82, 2.24) is 4.98 Å². The van der Waals surface area contributed by atoms with E-state index in [9.17, 15) is 0 Å². The average molecular weight is 271 g/mol. The van der Waals surface area contributed by atoms with E-state index in [0.29, 0.717) is 0 Å². The summed E-state index contributed by atoms with van der Waals surface area (Å²) in [4.78, 5) is 4.37. The van der Waals surface area contributed by atoms with Crippen molar-refractivity contribution in [3.05, 3.63) is 42.1 Å². The minimum atomic E-state index is -0.493. The molecule has 100 valence electrons. The maximum Gasteiger partial charge on any atom is 0.0708 e. The van der Waals surface area contributed by atoms with Gasteiger partial charge in [0.2, 0.25) is 0 Å². The molecular formula is C16H19N2S-. The van der Waals surface area contributed by atoms with Crippen molar-refractivity contribution in [1.29, 1.82) is 0 Å². The quantitative estimate of drug-likeness (QED) is 0.569. The van der Waals surface area contributed by atoms with Crippen LogP contribution in [0.3, 0.4) is 0 Å². The molecule has 0 bridgehead atoms. The maximum absolute atomic E-state index is 6.16. The summed E-state index contributed by atoms with van der Waals surface area (Å²) in [6.45, 7) is 8.34. The molecule has 2 aromatic rings. The van der Waals surface area contributed by atoms with Crippen LogP contribution in [0.1, 0.15) is 33.3 Å². The fourth-order valence-electron chi connectivity index (χ4n) is 1.74. The van der Waals surface area contributed by atoms with Crippen molar-refractivity contribution in [2.24, 2.45) is 4.40 Å². The summed E-state index contributed by atoms with van der Waals surface area (Å²) in [6.07, 6.45) is 1.82. The van der Waals surface area contributed by atoms with Crippen LogP contribution in [0.15, 0.2) is 40.9 Å². The average Bonchev–Trinajstić information content (AvgIpc) is 2.36. The molecule has 3 heteroatoms. The van der Waals surface area contributed by atoms with Crippen LogP contribution in [0.2, 0.25) is 0 Å². The van der Waals surface area contributed by atoms with Crippen molar-refractivity contribution in [2.75, 3.05) is 0 Å². The SMILES string of the molecule is C#[S-](N=C(C)c1ccnc2ccccc12)C(C)(C)C. The fraction of sp³-hybridized carbons (Fsp3) is 0.312. The molecule has 1 heterocycles. The first kappa shape index (κ1) is 13.9. The smallest absolute Gasteiger partial charge is 0.0708 e. The van der Waals surface area contributed by atoms with Gasteiger partial charge in [0.15, 0.2) is 0 Å². The van der Waals surface area contributed by atoms with E-state index in [1.54, 1.807) is 0 Å². The Balaban J connectivity index is 2.52. The molecule has 0 radical (unpaired) electrons. The topological polar surface area (TPSA) is 25.2 Å². The highest BCUT2D eigenvalue weighted by Crippen LogP contribution is 2.19. The third kappa shape index (κ3) is 3.06. The molecule has 0 unspecified atom stereocenters. The molecule has 2 nitrogen and oxygen atoms in total. The van der Waals surface area contributed by atoms with Gasteiger partial charge in [-0.05, 0) is 19.1 Å². The highest BCUT2D eigenvalue weighted by atomic mass is 32.2. The van der Waals surface area contributed by atoms with Gasteiger partial charge in [-0.2, -0.15) is 0 Å². The van der Waals surface area contributed by atoms with Crippen molar-refractivity contribution in [3.8, 4) is 5.69 Å². The lowest BCUT2D eigenvalue weighted by atomic mass is 10.1. The number of benzene rings is 1. The molecule has 1 aromatic carbocycles. The Morgan fingerprint density at radius 1 is 1.21 bits per heavy atom. The minimum absolute atomic E-state index is 0.00983. The second-order valence-corrected chi connectivity index (χ2v) is 7.52. The first-order chi connectivity index (χ1) is 8.89. The van der Waals surface area contributed by atoms with Gasteiger partial charge in [-0.15, -0.1) is 4.75 Å². The van der Waals surface area contributed by atoms with Crippen LogP contribution in [0.4, 0.5) is 0 Å². The lowest BCUT2D eigenvalue weighted by Crippen LogP contribution is -2.18. The second-order valence-electron chi connectivity index (χ2n) is 5.48. The van der Waals surface area contributed by atoms with E-state index in [-0.39, 0.29) is 4.75 Å². The van der Waals surface area contributed by atoms with Crippen LogP contribution in [0.25, 0.3) is 10.9 Å². The van der Waals surface area contributed by atoms with Crippen LogP contribution in [0, 0.1) is 5.69 Å². The Morgan fingerprint density at radius 2 is 1.89 bits per heavy atom. The van der Waals surface area contributed by atoms with Crippen LogP contribution in [-0.2, 0) is 10.5 Å². The molecule has 0 amide bonds. The van der Waals surface area contributed by atoms with Crippen LogP contribution in [0.5, 0.6) is 0 Å². The van der Waals surface area contributed by atoms with Gasteiger partial charge in [-0.3, -0.25) is 10.7 Å². The molecule has 0 saturated carbocycles. The van der Waals surface area contributed by atoms with Gasteiger partial charge in [-0.1, -0.05) is 39.0 Å². The normalized spacial score (nSPS) is 13.2. The predicted molar refractivity (Wildman–Crippen MR) is 86.0 cm³/mol. The lowest BCUT2D eigenvalue weighted by molar-refractivity contribution is 0.799. The van der Waals surface area contributed by atoms with E-state index >= 15 is 0 Å². The number of para-hydroxylation sites is 1. The first-order valence-corrected chi connectivity index (χ1v) is 7.52. The maximum atomic E-state index is 6.16. The molecule has 0 N–H and O–H groups in total. The summed E-state index contributed by atoms with van der Waals surface area (Å²) in [5.74, 6) is 0. The second kappa shape index (κ2) is 5.20. The molecule has 0 aliphatic heterocycles. The van der Waals surface area contributed by atoms with Gasteiger partial charge >= 0.3 is 0 Å². The van der Waals surface area contributed by atoms with Crippen molar-refractivity contribution >= 4 is 27.1 Å². The Bertz CT molecular complexity index is 694. The summed E-state index contributed by atoms with van der Waals surface area (Å²) in [5, 5.41) is 1.12. The number of hydrogen-bond donors (Lipinski definition) is 0. The molecule has 0 aliphatic carbocycles. The Morgan fingerprint density at radius 3 is 2.58 bits per heavy atom. The van der Waals surface area contributed by atoms with Crippen LogP contribution < -0.4 is 0 Å². The number of hydrogen-bond acceptors (Lipinski definition) is 3. The molecule has 2 rings (SSSR count). The van der Waals surface area contributed by atoms with Gasteiger partial charge in [0.25, 0.3) is 0 Å². The first-order valence-electron chi connectivity index (χ1n) is 6.28. The minimum Gasteiger partial charge on any atom is -0.397 e. The summed E-state index contributed by atoms with van der Waals surface area (Å²) in [5.41, 5.74) is 9.23. The molecule has 0 fully saturated rings. The number of pyridine rings is 1. The van der Waals surface area contributed by atoms with E-state index in [2.05, 4.69) is 36.2 Å². The van der Waals surface area contributed by atoms with Crippen molar-refractivity contribution < 1.29 is 0 Å². The third-order valence-corrected chi connectivity index (χ3v) is 4.63.